The van der Waals surface area contributed by atoms with Crippen molar-refractivity contribution in [3.05, 3.63) is 64.1 Å². The maximum Gasteiger partial charge on any atom is 0.235 e. The van der Waals surface area contributed by atoms with Crippen molar-refractivity contribution in [3.8, 4) is 0 Å². The largest absolute Gasteiger partial charge is 0.340 e. The molecule has 1 atom stereocenters. The molecule has 1 aliphatic carbocycles. The fourth-order valence-corrected chi connectivity index (χ4v) is 4.99. The maximum absolute atomic E-state index is 12.9. The molecule has 1 aromatic carbocycles. The molecule has 1 unspecified atom stereocenters. The number of benzene rings is 1. The summed E-state index contributed by atoms with van der Waals surface area (Å²) in [6, 6.07) is 14.8. The van der Waals surface area contributed by atoms with Crippen molar-refractivity contribution in [2.24, 2.45) is 0 Å². The Hall–Kier alpha value is -2.12. The molecule has 0 radical (unpaired) electrons. The van der Waals surface area contributed by atoms with Crippen LogP contribution in [0.25, 0.3) is 0 Å². The minimum atomic E-state index is -0.204. The smallest absolute Gasteiger partial charge is 0.235 e. The molecule has 1 amide bonds. The van der Waals surface area contributed by atoms with Gasteiger partial charge in [0.25, 0.3) is 0 Å². The Kier molecular flexibility index (Phi) is 5.82. The van der Waals surface area contributed by atoms with Gasteiger partial charge in [0.1, 0.15) is 5.82 Å². The van der Waals surface area contributed by atoms with Gasteiger partial charge in [0.15, 0.2) is 5.16 Å². The highest BCUT2D eigenvalue weighted by molar-refractivity contribution is 8.00. The van der Waals surface area contributed by atoms with Gasteiger partial charge >= 0.3 is 0 Å². The highest BCUT2D eigenvalue weighted by Gasteiger charge is 2.31. The predicted molar refractivity (Wildman–Crippen MR) is 114 cm³/mol. The Labute approximate surface area is 173 Å². The highest BCUT2D eigenvalue weighted by atomic mass is 32.2. The summed E-state index contributed by atoms with van der Waals surface area (Å²) in [5.74, 6) is 1.11. The van der Waals surface area contributed by atoms with Crippen molar-refractivity contribution in [3.63, 3.8) is 0 Å². The first-order valence-electron chi connectivity index (χ1n) is 9.53. The van der Waals surface area contributed by atoms with Gasteiger partial charge in [-0.3, -0.25) is 4.79 Å². The number of aromatic nitrogens is 3. The summed E-state index contributed by atoms with van der Waals surface area (Å²) in [4.78, 5) is 15.9. The van der Waals surface area contributed by atoms with Crippen LogP contribution in [-0.4, -0.2) is 37.9 Å². The zero-order valence-electron chi connectivity index (χ0n) is 16.1. The van der Waals surface area contributed by atoms with E-state index in [4.69, 9.17) is 0 Å². The van der Waals surface area contributed by atoms with Gasteiger partial charge in [-0.1, -0.05) is 48.2 Å². The summed E-state index contributed by atoms with van der Waals surface area (Å²) in [5, 5.41) is 11.6. The first-order chi connectivity index (χ1) is 13.6. The molecule has 3 aromatic rings. The lowest BCUT2D eigenvalue weighted by Gasteiger charge is -2.21. The molecule has 1 aliphatic rings. The number of hydrogen-bond donors (Lipinski definition) is 0. The van der Waals surface area contributed by atoms with Crippen LogP contribution >= 0.6 is 23.1 Å². The van der Waals surface area contributed by atoms with E-state index in [0.717, 1.165) is 23.0 Å². The Balaban J connectivity index is 1.44. The number of thiophene rings is 1. The fraction of sp³-hybridized carbons (Fsp3) is 0.381. The molecule has 28 heavy (non-hydrogen) atoms. The van der Waals surface area contributed by atoms with Gasteiger partial charge in [-0.15, -0.1) is 21.5 Å². The van der Waals surface area contributed by atoms with E-state index in [2.05, 4.69) is 32.3 Å². The minimum Gasteiger partial charge on any atom is -0.340 e. The van der Waals surface area contributed by atoms with E-state index >= 15 is 0 Å². The van der Waals surface area contributed by atoms with Crippen molar-refractivity contribution in [1.82, 2.24) is 19.7 Å². The van der Waals surface area contributed by atoms with Crippen LogP contribution < -0.4 is 0 Å². The van der Waals surface area contributed by atoms with Gasteiger partial charge in [0.2, 0.25) is 5.91 Å². The van der Waals surface area contributed by atoms with Crippen LogP contribution in [0.1, 0.15) is 42.1 Å². The van der Waals surface area contributed by atoms with Crippen LogP contribution in [0.4, 0.5) is 0 Å². The van der Waals surface area contributed by atoms with E-state index in [9.17, 15) is 4.79 Å². The van der Waals surface area contributed by atoms with Gasteiger partial charge < -0.3 is 9.47 Å². The Morgan fingerprint density at radius 3 is 2.71 bits per heavy atom. The highest BCUT2D eigenvalue weighted by Crippen LogP contribution is 2.40. The van der Waals surface area contributed by atoms with E-state index in [0.29, 0.717) is 12.6 Å². The van der Waals surface area contributed by atoms with Crippen molar-refractivity contribution < 1.29 is 4.79 Å². The predicted octanol–water partition coefficient (Wildman–Crippen LogP) is 4.40. The van der Waals surface area contributed by atoms with Crippen LogP contribution in [0.15, 0.2) is 53.0 Å². The average molecular weight is 413 g/mol. The molecule has 0 aliphatic heterocycles. The third-order valence-corrected chi connectivity index (χ3v) is 6.75. The van der Waals surface area contributed by atoms with Gasteiger partial charge in [-0.2, -0.15) is 0 Å². The fourth-order valence-electron chi connectivity index (χ4n) is 3.23. The van der Waals surface area contributed by atoms with E-state index < -0.39 is 0 Å². The number of carbonyl (C=O) groups is 1. The molecule has 146 valence electrons. The molecular weight excluding hydrogens is 388 g/mol. The SMILES string of the molecule is CC(Sc1nnc(Cc2cccs2)n1C1CC1)C(=O)N(C)Cc1ccccc1. The van der Waals surface area contributed by atoms with Crippen molar-refractivity contribution in [2.45, 2.75) is 49.2 Å². The molecule has 0 bridgehead atoms. The summed E-state index contributed by atoms with van der Waals surface area (Å²) >= 11 is 3.26. The van der Waals surface area contributed by atoms with E-state index in [-0.39, 0.29) is 11.2 Å². The molecule has 0 saturated heterocycles. The second kappa shape index (κ2) is 8.49. The van der Waals surface area contributed by atoms with Gasteiger partial charge in [0, 0.05) is 30.9 Å². The van der Waals surface area contributed by atoms with Crippen LogP contribution in [-0.2, 0) is 17.8 Å². The number of rotatable bonds is 8. The Morgan fingerprint density at radius 2 is 2.04 bits per heavy atom. The number of amides is 1. The van der Waals surface area contributed by atoms with E-state index in [1.807, 2.05) is 44.3 Å². The minimum absolute atomic E-state index is 0.110. The summed E-state index contributed by atoms with van der Waals surface area (Å²) < 4.78 is 2.26. The van der Waals surface area contributed by atoms with Gasteiger partial charge in [0.05, 0.1) is 5.25 Å². The van der Waals surface area contributed by atoms with Crippen LogP contribution in [0, 0.1) is 0 Å². The molecule has 2 aromatic heterocycles. The Morgan fingerprint density at radius 1 is 1.25 bits per heavy atom. The summed E-state index contributed by atoms with van der Waals surface area (Å²) in [6.07, 6.45) is 3.14. The standard InChI is InChI=1S/C21H24N4OS2/c1-15(20(26)24(2)14-16-7-4-3-5-8-16)28-21-23-22-19(25(21)17-10-11-17)13-18-9-6-12-27-18/h3-9,12,15,17H,10-11,13-14H2,1-2H3. The molecule has 1 saturated carbocycles. The quantitative estimate of drug-likeness (QED) is 0.515. The number of carbonyl (C=O) groups excluding carboxylic acids is 1. The number of nitrogens with zero attached hydrogens (tertiary/aromatic N) is 4. The van der Waals surface area contributed by atoms with Crippen molar-refractivity contribution in [1.29, 1.82) is 0 Å². The van der Waals surface area contributed by atoms with Crippen molar-refractivity contribution in [2.75, 3.05) is 7.05 Å². The molecule has 0 spiro atoms. The molecular formula is C21H24N4OS2. The average Bonchev–Trinajstić information content (AvgIpc) is 3.26. The lowest BCUT2D eigenvalue weighted by molar-refractivity contribution is -0.129. The van der Waals surface area contributed by atoms with Gasteiger partial charge in [-0.25, -0.2) is 0 Å². The topological polar surface area (TPSA) is 51.0 Å². The van der Waals surface area contributed by atoms with E-state index in [1.165, 1.54) is 29.5 Å². The normalized spacial score (nSPS) is 14.8. The second-order valence-electron chi connectivity index (χ2n) is 7.20. The van der Waals surface area contributed by atoms with Crippen LogP contribution in [0.2, 0.25) is 0 Å². The lowest BCUT2D eigenvalue weighted by Crippen LogP contribution is -2.33. The molecule has 1 fully saturated rings. The van der Waals surface area contributed by atoms with Crippen molar-refractivity contribution >= 4 is 29.0 Å². The van der Waals surface area contributed by atoms with Crippen LogP contribution in [0.3, 0.4) is 0 Å². The zero-order chi connectivity index (χ0) is 19.5. The summed E-state index contributed by atoms with van der Waals surface area (Å²) in [7, 11) is 1.86. The molecule has 7 heteroatoms. The number of thioether (sulfide) groups is 1. The lowest BCUT2D eigenvalue weighted by atomic mass is 10.2. The monoisotopic (exact) mass is 412 g/mol. The summed E-state index contributed by atoms with van der Waals surface area (Å²) in [5.41, 5.74) is 1.13. The molecule has 4 rings (SSSR count). The molecule has 0 N–H and O–H groups in total. The first kappa shape index (κ1) is 19.2. The summed E-state index contributed by atoms with van der Waals surface area (Å²) in [6.45, 7) is 2.57. The molecule has 2 heterocycles. The zero-order valence-corrected chi connectivity index (χ0v) is 17.7. The third-order valence-electron chi connectivity index (χ3n) is 4.83. The van der Waals surface area contributed by atoms with Crippen LogP contribution in [0.5, 0.6) is 0 Å². The first-order valence-corrected chi connectivity index (χ1v) is 11.3. The Bertz CT molecular complexity index is 919. The number of hydrogen-bond acceptors (Lipinski definition) is 5. The molecule has 5 nitrogen and oxygen atoms in total. The van der Waals surface area contributed by atoms with Gasteiger partial charge in [-0.05, 0) is 36.8 Å². The van der Waals surface area contributed by atoms with E-state index in [1.54, 1.807) is 16.2 Å². The third kappa shape index (κ3) is 4.47. The maximum atomic E-state index is 12.9. The second-order valence-corrected chi connectivity index (χ2v) is 9.54.